The monoisotopic (exact) mass is 160 g/mol. The molecule has 0 unspecified atom stereocenters. The third-order valence-corrected chi connectivity index (χ3v) is 2.38. The number of halogens is 1. The summed E-state index contributed by atoms with van der Waals surface area (Å²) in [6, 6.07) is -0.714. The highest BCUT2D eigenvalue weighted by molar-refractivity contribution is 5.66. The first-order chi connectivity index (χ1) is 5.20. The van der Waals surface area contributed by atoms with E-state index in [0.29, 0.717) is 13.1 Å². The van der Waals surface area contributed by atoms with E-state index in [2.05, 4.69) is 5.32 Å². The lowest BCUT2D eigenvalue weighted by Crippen LogP contribution is -2.46. The molecular formula is C6H9FN2O2. The molecule has 2 aliphatic heterocycles. The van der Waals surface area contributed by atoms with Gasteiger partial charge in [0.15, 0.2) is 0 Å². The van der Waals surface area contributed by atoms with Crippen LogP contribution >= 0.6 is 0 Å². The van der Waals surface area contributed by atoms with Crippen LogP contribution in [0.2, 0.25) is 0 Å². The minimum absolute atomic E-state index is 0.268. The minimum atomic E-state index is -1.01. The third kappa shape index (κ3) is 0.805. The summed E-state index contributed by atoms with van der Waals surface area (Å²) in [6.07, 6.45) is -2.02. The van der Waals surface area contributed by atoms with Gasteiger partial charge in [0.25, 0.3) is 0 Å². The maximum absolute atomic E-state index is 13.0. The fraction of sp³-hybridized carbons (Fsp3) is 0.833. The molecule has 0 aromatic rings. The van der Waals surface area contributed by atoms with E-state index >= 15 is 0 Å². The van der Waals surface area contributed by atoms with Crippen molar-refractivity contribution in [3.05, 3.63) is 0 Å². The lowest BCUT2D eigenvalue weighted by molar-refractivity contribution is 0.128. The van der Waals surface area contributed by atoms with E-state index in [4.69, 9.17) is 5.11 Å². The summed E-state index contributed by atoms with van der Waals surface area (Å²) in [7, 11) is 0. The quantitative estimate of drug-likeness (QED) is 0.509. The van der Waals surface area contributed by atoms with Crippen molar-refractivity contribution in [3.63, 3.8) is 0 Å². The number of rotatable bonds is 0. The SMILES string of the molecule is O=C(O)N1C[C@@H]2NC[C@H]1[C@@H]2F. The molecule has 0 radical (unpaired) electrons. The number of piperazine rings is 1. The molecule has 2 rings (SSSR count). The number of nitrogens with zero attached hydrogens (tertiary/aromatic N) is 1. The Morgan fingerprint density at radius 3 is 2.73 bits per heavy atom. The van der Waals surface area contributed by atoms with E-state index in [1.165, 1.54) is 4.90 Å². The second kappa shape index (κ2) is 2.07. The van der Waals surface area contributed by atoms with Crippen LogP contribution in [0.15, 0.2) is 0 Å². The van der Waals surface area contributed by atoms with Crippen LogP contribution in [0.5, 0.6) is 0 Å². The standard InChI is InChI=1S/C6H9FN2O2/c7-5-3-2-9(6(10)11)4(5)1-8-3/h3-5,8H,1-2H2,(H,10,11)/t3-,4-,5+/m0/s1. The fourth-order valence-corrected chi connectivity index (χ4v) is 1.78. The van der Waals surface area contributed by atoms with E-state index in [9.17, 15) is 9.18 Å². The van der Waals surface area contributed by atoms with Crippen LogP contribution in [0.3, 0.4) is 0 Å². The topological polar surface area (TPSA) is 52.6 Å². The number of carbonyl (C=O) groups is 1. The summed E-state index contributed by atoms with van der Waals surface area (Å²) in [5, 5.41) is 11.5. The van der Waals surface area contributed by atoms with Gasteiger partial charge in [0.2, 0.25) is 0 Å². The van der Waals surface area contributed by atoms with Gasteiger partial charge < -0.3 is 10.4 Å². The van der Waals surface area contributed by atoms with Crippen molar-refractivity contribution >= 4 is 6.09 Å². The second-order valence-electron chi connectivity index (χ2n) is 2.96. The molecule has 62 valence electrons. The molecular weight excluding hydrogens is 151 g/mol. The van der Waals surface area contributed by atoms with Crippen LogP contribution in [-0.4, -0.2) is 47.4 Å². The molecule has 2 aliphatic rings. The van der Waals surface area contributed by atoms with Crippen LogP contribution < -0.4 is 5.32 Å². The van der Waals surface area contributed by atoms with Gasteiger partial charge in [0, 0.05) is 13.1 Å². The van der Waals surface area contributed by atoms with E-state index < -0.39 is 18.3 Å². The molecule has 2 bridgehead atoms. The molecule has 0 aromatic carbocycles. The van der Waals surface area contributed by atoms with Gasteiger partial charge in [0.05, 0.1) is 12.1 Å². The van der Waals surface area contributed by atoms with Gasteiger partial charge in [-0.3, -0.25) is 4.90 Å². The van der Waals surface area contributed by atoms with Crippen molar-refractivity contribution < 1.29 is 14.3 Å². The number of hydrogen-bond donors (Lipinski definition) is 2. The molecule has 2 N–H and O–H groups in total. The molecule has 11 heavy (non-hydrogen) atoms. The Kier molecular flexibility index (Phi) is 1.29. The summed E-state index contributed by atoms with van der Waals surface area (Å²) >= 11 is 0. The van der Waals surface area contributed by atoms with Gasteiger partial charge in [-0.2, -0.15) is 0 Å². The summed E-state index contributed by atoms with van der Waals surface area (Å²) in [5.74, 6) is 0. The Morgan fingerprint density at radius 1 is 1.73 bits per heavy atom. The second-order valence-corrected chi connectivity index (χ2v) is 2.96. The maximum atomic E-state index is 13.0. The van der Waals surface area contributed by atoms with Crippen molar-refractivity contribution in [2.45, 2.75) is 18.3 Å². The highest BCUT2D eigenvalue weighted by atomic mass is 19.1. The fourth-order valence-electron chi connectivity index (χ4n) is 1.78. The lowest BCUT2D eigenvalue weighted by Gasteiger charge is -2.23. The van der Waals surface area contributed by atoms with Crippen LogP contribution in [0, 0.1) is 0 Å². The molecule has 0 spiro atoms. The zero-order valence-corrected chi connectivity index (χ0v) is 5.83. The minimum Gasteiger partial charge on any atom is -0.465 e. The number of alkyl halides is 1. The van der Waals surface area contributed by atoms with Gasteiger partial charge in [-0.05, 0) is 0 Å². The molecule has 1 amide bonds. The van der Waals surface area contributed by atoms with Crippen LogP contribution in [0.1, 0.15) is 0 Å². The van der Waals surface area contributed by atoms with Gasteiger partial charge in [0.1, 0.15) is 6.17 Å². The van der Waals surface area contributed by atoms with Gasteiger partial charge in [-0.15, -0.1) is 0 Å². The largest absolute Gasteiger partial charge is 0.465 e. The summed E-state index contributed by atoms with van der Waals surface area (Å²) in [4.78, 5) is 11.6. The first-order valence-electron chi connectivity index (χ1n) is 3.57. The Bertz CT molecular complexity index is 199. The zero-order valence-electron chi connectivity index (χ0n) is 5.83. The average Bonchev–Trinajstić information content (AvgIpc) is 2.46. The smallest absolute Gasteiger partial charge is 0.407 e. The molecule has 3 atom stereocenters. The Balaban J connectivity index is 2.14. The van der Waals surface area contributed by atoms with Crippen molar-refractivity contribution in [3.8, 4) is 0 Å². The van der Waals surface area contributed by atoms with Crippen LogP contribution in [-0.2, 0) is 0 Å². The number of likely N-dealkylation sites (tertiary alicyclic amines) is 1. The maximum Gasteiger partial charge on any atom is 0.407 e. The van der Waals surface area contributed by atoms with E-state index in [1.807, 2.05) is 0 Å². The predicted octanol–water partition coefficient (Wildman–Crippen LogP) is -0.342. The zero-order chi connectivity index (χ0) is 8.01. The molecule has 2 saturated heterocycles. The van der Waals surface area contributed by atoms with Gasteiger partial charge >= 0.3 is 6.09 Å². The molecule has 4 nitrogen and oxygen atoms in total. The molecule has 0 saturated carbocycles. The normalized spacial score (nSPS) is 41.5. The van der Waals surface area contributed by atoms with Crippen molar-refractivity contribution in [1.29, 1.82) is 0 Å². The first-order valence-corrected chi connectivity index (χ1v) is 3.57. The molecule has 2 fully saturated rings. The number of nitrogens with one attached hydrogen (secondary N) is 1. The molecule has 2 heterocycles. The molecule has 0 aromatic heterocycles. The summed E-state index contributed by atoms with van der Waals surface area (Å²) in [6.45, 7) is 0.749. The van der Waals surface area contributed by atoms with E-state index in [0.717, 1.165) is 0 Å². The molecule has 5 heteroatoms. The lowest BCUT2D eigenvalue weighted by atomic mass is 10.2. The Hall–Kier alpha value is -0.840. The van der Waals surface area contributed by atoms with Crippen molar-refractivity contribution in [1.82, 2.24) is 10.2 Å². The highest BCUT2D eigenvalue weighted by Crippen LogP contribution is 2.26. The summed E-state index contributed by atoms with van der Waals surface area (Å²) in [5.41, 5.74) is 0. The van der Waals surface area contributed by atoms with E-state index in [1.54, 1.807) is 0 Å². The third-order valence-electron chi connectivity index (χ3n) is 2.38. The predicted molar refractivity (Wildman–Crippen MR) is 35.2 cm³/mol. The average molecular weight is 160 g/mol. The number of carboxylic acid groups (broad SMARTS) is 1. The summed E-state index contributed by atoms with van der Waals surface area (Å²) < 4.78 is 13.0. The van der Waals surface area contributed by atoms with Gasteiger partial charge in [-0.1, -0.05) is 0 Å². The Labute approximate surface area is 63.0 Å². The van der Waals surface area contributed by atoms with Gasteiger partial charge in [-0.25, -0.2) is 9.18 Å². The van der Waals surface area contributed by atoms with E-state index in [-0.39, 0.29) is 6.04 Å². The highest BCUT2D eigenvalue weighted by Gasteiger charge is 2.49. The number of fused-ring (bicyclic) bond motifs is 2. The van der Waals surface area contributed by atoms with Crippen LogP contribution in [0.25, 0.3) is 0 Å². The van der Waals surface area contributed by atoms with Crippen molar-refractivity contribution in [2.75, 3.05) is 13.1 Å². The van der Waals surface area contributed by atoms with Crippen molar-refractivity contribution in [2.24, 2.45) is 0 Å². The Morgan fingerprint density at radius 2 is 2.45 bits per heavy atom. The van der Waals surface area contributed by atoms with Crippen LogP contribution in [0.4, 0.5) is 9.18 Å². The first kappa shape index (κ1) is 6.84. The molecule has 0 aliphatic carbocycles. The number of amides is 1. The number of hydrogen-bond acceptors (Lipinski definition) is 2.